The first-order valence-electron chi connectivity index (χ1n) is 7.87. The first-order valence-corrected chi connectivity index (χ1v) is 7.87. The molecule has 0 bridgehead atoms. The van der Waals surface area contributed by atoms with Crippen LogP contribution in [0.4, 0.5) is 4.39 Å². The van der Waals surface area contributed by atoms with E-state index < -0.39 is 0 Å². The minimum Gasteiger partial charge on any atom is -0.496 e. The maximum atomic E-state index is 13.3. The zero-order chi connectivity index (χ0) is 16.8. The van der Waals surface area contributed by atoms with Crippen LogP contribution in [-0.2, 0) is 16.0 Å². The molecule has 2 rings (SSSR count). The predicted molar refractivity (Wildman–Crippen MR) is 84.6 cm³/mol. The van der Waals surface area contributed by atoms with Gasteiger partial charge in [-0.25, -0.2) is 4.39 Å². The van der Waals surface area contributed by atoms with Crippen LogP contribution < -0.4 is 10.1 Å². The van der Waals surface area contributed by atoms with Gasteiger partial charge in [-0.3, -0.25) is 9.59 Å². The standard InChI is InChI=1S/C17H23FN2O3/c1-12(21)20-9-6-13(7-10-20)17(22)19-8-5-14-11-15(18)3-4-16(14)23-2/h3-4,11,13H,5-10H2,1-2H3,(H,19,22). The quantitative estimate of drug-likeness (QED) is 0.898. The SMILES string of the molecule is COc1ccc(F)cc1CCNC(=O)C1CCN(C(C)=O)CC1. The highest BCUT2D eigenvalue weighted by Gasteiger charge is 2.25. The second kappa shape index (κ2) is 7.94. The molecule has 0 spiro atoms. The molecule has 6 heteroatoms. The van der Waals surface area contributed by atoms with Crippen LogP contribution in [0.2, 0.25) is 0 Å². The van der Waals surface area contributed by atoms with Gasteiger partial charge < -0.3 is 15.0 Å². The number of benzene rings is 1. The van der Waals surface area contributed by atoms with Crippen molar-refractivity contribution in [1.29, 1.82) is 0 Å². The third-order valence-corrected chi connectivity index (χ3v) is 4.25. The maximum absolute atomic E-state index is 13.3. The topological polar surface area (TPSA) is 58.6 Å². The average molecular weight is 322 g/mol. The van der Waals surface area contributed by atoms with Gasteiger partial charge >= 0.3 is 0 Å². The van der Waals surface area contributed by atoms with E-state index in [9.17, 15) is 14.0 Å². The van der Waals surface area contributed by atoms with Crippen molar-refractivity contribution in [1.82, 2.24) is 10.2 Å². The lowest BCUT2D eigenvalue weighted by molar-refractivity contribution is -0.133. The van der Waals surface area contributed by atoms with E-state index in [1.54, 1.807) is 17.9 Å². The fourth-order valence-electron chi connectivity index (χ4n) is 2.86. The third kappa shape index (κ3) is 4.68. The fraction of sp³-hybridized carbons (Fsp3) is 0.529. The summed E-state index contributed by atoms with van der Waals surface area (Å²) >= 11 is 0. The van der Waals surface area contributed by atoms with Crippen molar-refractivity contribution < 1.29 is 18.7 Å². The molecule has 0 aromatic heterocycles. The number of hydrogen-bond acceptors (Lipinski definition) is 3. The van der Waals surface area contributed by atoms with E-state index in [2.05, 4.69) is 5.32 Å². The zero-order valence-electron chi connectivity index (χ0n) is 13.6. The van der Waals surface area contributed by atoms with Crippen molar-refractivity contribution in [2.24, 2.45) is 5.92 Å². The molecule has 0 unspecified atom stereocenters. The number of amides is 2. The van der Waals surface area contributed by atoms with E-state index in [1.807, 2.05) is 0 Å². The molecule has 0 radical (unpaired) electrons. The fourth-order valence-corrected chi connectivity index (χ4v) is 2.86. The van der Waals surface area contributed by atoms with Crippen LogP contribution in [-0.4, -0.2) is 43.5 Å². The Morgan fingerprint density at radius 3 is 2.65 bits per heavy atom. The molecule has 0 atom stereocenters. The van der Waals surface area contributed by atoms with Crippen LogP contribution in [0.25, 0.3) is 0 Å². The number of hydrogen-bond donors (Lipinski definition) is 1. The molecule has 1 heterocycles. The number of nitrogens with zero attached hydrogens (tertiary/aromatic N) is 1. The van der Waals surface area contributed by atoms with Crippen LogP contribution in [0.1, 0.15) is 25.3 Å². The summed E-state index contributed by atoms with van der Waals surface area (Å²) in [6, 6.07) is 4.37. The van der Waals surface area contributed by atoms with Crippen molar-refractivity contribution in [3.8, 4) is 5.75 Å². The van der Waals surface area contributed by atoms with E-state index >= 15 is 0 Å². The second-order valence-electron chi connectivity index (χ2n) is 5.78. The molecule has 1 aromatic carbocycles. The molecule has 1 aliphatic rings. The zero-order valence-corrected chi connectivity index (χ0v) is 13.6. The Kier molecular flexibility index (Phi) is 5.96. The first-order chi connectivity index (χ1) is 11.0. The lowest BCUT2D eigenvalue weighted by Crippen LogP contribution is -2.42. The summed E-state index contributed by atoms with van der Waals surface area (Å²) in [5, 5.41) is 2.90. The van der Waals surface area contributed by atoms with E-state index in [1.165, 1.54) is 19.2 Å². The molecule has 23 heavy (non-hydrogen) atoms. The number of carbonyl (C=O) groups excluding carboxylic acids is 2. The molecule has 1 saturated heterocycles. The van der Waals surface area contributed by atoms with Gasteiger partial charge in [0.25, 0.3) is 0 Å². The second-order valence-corrected chi connectivity index (χ2v) is 5.78. The summed E-state index contributed by atoms with van der Waals surface area (Å²) in [4.78, 5) is 25.2. The Balaban J connectivity index is 1.79. The number of carbonyl (C=O) groups is 2. The first kappa shape index (κ1) is 17.2. The van der Waals surface area contributed by atoms with E-state index in [0.717, 1.165) is 5.56 Å². The normalized spacial score (nSPS) is 15.3. The smallest absolute Gasteiger partial charge is 0.223 e. The van der Waals surface area contributed by atoms with Crippen LogP contribution in [0, 0.1) is 11.7 Å². The van der Waals surface area contributed by atoms with Crippen LogP contribution >= 0.6 is 0 Å². The average Bonchev–Trinajstić information content (AvgIpc) is 2.55. The van der Waals surface area contributed by atoms with Gasteiger partial charge in [0, 0.05) is 32.5 Å². The van der Waals surface area contributed by atoms with Crippen molar-refractivity contribution in [3.05, 3.63) is 29.6 Å². The summed E-state index contributed by atoms with van der Waals surface area (Å²) in [7, 11) is 1.54. The van der Waals surface area contributed by atoms with E-state index in [-0.39, 0.29) is 23.5 Å². The summed E-state index contributed by atoms with van der Waals surface area (Å²) in [5.74, 6) is 0.310. The van der Waals surface area contributed by atoms with Crippen molar-refractivity contribution >= 4 is 11.8 Å². The Morgan fingerprint density at radius 1 is 1.35 bits per heavy atom. The van der Waals surface area contributed by atoms with E-state index in [4.69, 9.17) is 4.74 Å². The van der Waals surface area contributed by atoms with Gasteiger partial charge in [0.15, 0.2) is 0 Å². The number of piperidine rings is 1. The molecule has 2 amide bonds. The minimum absolute atomic E-state index is 0.00331. The Morgan fingerprint density at radius 2 is 2.04 bits per heavy atom. The molecule has 1 fully saturated rings. The molecule has 126 valence electrons. The van der Waals surface area contributed by atoms with Gasteiger partial charge in [0.05, 0.1) is 7.11 Å². The number of rotatable bonds is 5. The molecule has 1 N–H and O–H groups in total. The summed E-state index contributed by atoms with van der Waals surface area (Å²) in [5.41, 5.74) is 0.735. The molecule has 0 aliphatic carbocycles. The van der Waals surface area contributed by atoms with Crippen molar-refractivity contribution in [2.75, 3.05) is 26.7 Å². The predicted octanol–water partition coefficient (Wildman–Crippen LogP) is 1.75. The highest BCUT2D eigenvalue weighted by Crippen LogP contribution is 2.20. The van der Waals surface area contributed by atoms with Crippen LogP contribution in [0.3, 0.4) is 0 Å². The Labute approximate surface area is 135 Å². The number of nitrogens with one attached hydrogen (secondary N) is 1. The van der Waals surface area contributed by atoms with Crippen molar-refractivity contribution in [3.63, 3.8) is 0 Å². The minimum atomic E-state index is -0.316. The lowest BCUT2D eigenvalue weighted by atomic mass is 9.96. The molecule has 0 saturated carbocycles. The van der Waals surface area contributed by atoms with Gasteiger partial charge in [-0.15, -0.1) is 0 Å². The number of methoxy groups -OCH3 is 1. The highest BCUT2D eigenvalue weighted by molar-refractivity contribution is 5.79. The monoisotopic (exact) mass is 322 g/mol. The van der Waals surface area contributed by atoms with Crippen LogP contribution in [0.5, 0.6) is 5.75 Å². The van der Waals surface area contributed by atoms with Gasteiger partial charge in [-0.1, -0.05) is 0 Å². The maximum Gasteiger partial charge on any atom is 0.223 e. The third-order valence-electron chi connectivity index (χ3n) is 4.25. The molecule has 5 nitrogen and oxygen atoms in total. The largest absolute Gasteiger partial charge is 0.496 e. The molecule has 1 aliphatic heterocycles. The summed E-state index contributed by atoms with van der Waals surface area (Å²) in [6.07, 6.45) is 1.89. The van der Waals surface area contributed by atoms with E-state index in [0.29, 0.717) is 44.6 Å². The number of halogens is 1. The van der Waals surface area contributed by atoms with Gasteiger partial charge in [-0.05, 0) is 43.0 Å². The van der Waals surface area contributed by atoms with Crippen LogP contribution in [0.15, 0.2) is 18.2 Å². The Bertz CT molecular complexity index is 569. The number of ether oxygens (including phenoxy) is 1. The van der Waals surface area contributed by atoms with Gasteiger partial charge in [-0.2, -0.15) is 0 Å². The molecular weight excluding hydrogens is 299 g/mol. The lowest BCUT2D eigenvalue weighted by Gasteiger charge is -2.30. The van der Waals surface area contributed by atoms with Gasteiger partial charge in [0.2, 0.25) is 11.8 Å². The molecular formula is C17H23FN2O3. The summed E-state index contributed by atoms with van der Waals surface area (Å²) < 4.78 is 18.5. The highest BCUT2D eigenvalue weighted by atomic mass is 19.1. The van der Waals surface area contributed by atoms with Crippen molar-refractivity contribution in [2.45, 2.75) is 26.2 Å². The summed E-state index contributed by atoms with van der Waals surface area (Å²) in [6.45, 7) is 3.24. The Hall–Kier alpha value is -2.11. The van der Waals surface area contributed by atoms with Gasteiger partial charge in [0.1, 0.15) is 11.6 Å². The molecule has 1 aromatic rings. The number of likely N-dealkylation sites (tertiary alicyclic amines) is 1.